The third-order valence-electron chi connectivity index (χ3n) is 4.68. The van der Waals surface area contributed by atoms with Crippen LogP contribution < -0.4 is 10.1 Å². The molecule has 0 bridgehead atoms. The normalized spacial score (nSPS) is 10.9. The van der Waals surface area contributed by atoms with Crippen molar-refractivity contribution in [3.05, 3.63) is 58.6 Å². The molecule has 2 heterocycles. The van der Waals surface area contributed by atoms with Crippen LogP contribution in [-0.4, -0.2) is 38.5 Å². The molecule has 0 aliphatic heterocycles. The van der Waals surface area contributed by atoms with E-state index in [-0.39, 0.29) is 17.3 Å². The molecule has 32 heavy (non-hydrogen) atoms. The van der Waals surface area contributed by atoms with E-state index in [4.69, 9.17) is 9.15 Å². The predicted molar refractivity (Wildman–Crippen MR) is 120 cm³/mol. The fourth-order valence-electron chi connectivity index (χ4n) is 3.16. The van der Waals surface area contributed by atoms with Gasteiger partial charge < -0.3 is 14.5 Å². The third-order valence-corrected chi connectivity index (χ3v) is 5.64. The van der Waals surface area contributed by atoms with E-state index in [2.05, 4.69) is 15.5 Å². The number of carbonyl (C=O) groups excluding carboxylic acids is 1. The molecule has 1 N–H and O–H groups in total. The number of anilines is 1. The van der Waals surface area contributed by atoms with Crippen LogP contribution in [0.25, 0.3) is 22.6 Å². The second kappa shape index (κ2) is 9.10. The molecule has 1 amide bonds. The Morgan fingerprint density at radius 1 is 1.25 bits per heavy atom. The number of amides is 1. The molecule has 10 nitrogen and oxygen atoms in total. The summed E-state index contributed by atoms with van der Waals surface area (Å²) in [4.78, 5) is 22.6. The minimum Gasteiger partial charge on any atom is -0.493 e. The zero-order valence-electron chi connectivity index (χ0n) is 17.3. The van der Waals surface area contributed by atoms with Crippen LogP contribution in [0.3, 0.4) is 0 Å². The molecule has 0 fully saturated rings. The second-order valence-corrected chi connectivity index (χ2v) is 7.62. The Morgan fingerprint density at radius 2 is 2.03 bits per heavy atom. The van der Waals surface area contributed by atoms with Crippen molar-refractivity contribution in [2.45, 2.75) is 18.6 Å². The van der Waals surface area contributed by atoms with E-state index >= 15 is 0 Å². The number of ether oxygens (including phenoxy) is 1. The standard InChI is InChI=1S/C21H19N5O5S/c1-3-25-20(17-11-13-5-4-6-16(30-2)19(13)31-17)23-24-21(25)32-12-18(27)22-14-7-9-15(10-8-14)26(28)29/h4-11H,3,12H2,1-2H3,(H,22,27). The summed E-state index contributed by atoms with van der Waals surface area (Å²) in [7, 11) is 1.59. The van der Waals surface area contributed by atoms with E-state index in [1.807, 2.05) is 35.8 Å². The minimum absolute atomic E-state index is 0.0378. The molecule has 2 aromatic carbocycles. The van der Waals surface area contributed by atoms with Gasteiger partial charge in [-0.2, -0.15) is 0 Å². The third kappa shape index (κ3) is 4.28. The Hall–Kier alpha value is -3.86. The van der Waals surface area contributed by atoms with Gasteiger partial charge in [-0.15, -0.1) is 10.2 Å². The number of methoxy groups -OCH3 is 1. The largest absolute Gasteiger partial charge is 0.493 e. The van der Waals surface area contributed by atoms with Crippen LogP contribution in [0.15, 0.2) is 58.1 Å². The van der Waals surface area contributed by atoms with Crippen LogP contribution >= 0.6 is 11.8 Å². The van der Waals surface area contributed by atoms with Gasteiger partial charge in [-0.05, 0) is 31.2 Å². The molecule has 0 spiro atoms. The summed E-state index contributed by atoms with van der Waals surface area (Å²) in [6.07, 6.45) is 0. The van der Waals surface area contributed by atoms with Crippen molar-refractivity contribution in [2.24, 2.45) is 0 Å². The van der Waals surface area contributed by atoms with Gasteiger partial charge in [0, 0.05) is 29.8 Å². The van der Waals surface area contributed by atoms with Gasteiger partial charge in [0.2, 0.25) is 11.7 Å². The van der Waals surface area contributed by atoms with Gasteiger partial charge in [-0.1, -0.05) is 23.9 Å². The molecular formula is C21H19N5O5S. The number of fused-ring (bicyclic) bond motifs is 1. The first kappa shape index (κ1) is 21.4. The van der Waals surface area contributed by atoms with Gasteiger partial charge in [0.25, 0.3) is 5.69 Å². The second-order valence-electron chi connectivity index (χ2n) is 6.68. The zero-order valence-corrected chi connectivity index (χ0v) is 18.1. The quantitative estimate of drug-likeness (QED) is 0.237. The minimum atomic E-state index is -0.491. The van der Waals surface area contributed by atoms with Gasteiger partial charge in [-0.3, -0.25) is 19.5 Å². The maximum Gasteiger partial charge on any atom is 0.269 e. The van der Waals surface area contributed by atoms with E-state index < -0.39 is 4.92 Å². The highest BCUT2D eigenvalue weighted by Crippen LogP contribution is 2.33. The van der Waals surface area contributed by atoms with Crippen LogP contribution in [0.2, 0.25) is 0 Å². The number of thioether (sulfide) groups is 1. The predicted octanol–water partition coefficient (Wildman–Crippen LogP) is 4.36. The fraction of sp³-hybridized carbons (Fsp3) is 0.190. The number of rotatable bonds is 8. The Bertz CT molecular complexity index is 1280. The molecule has 0 aliphatic rings. The Balaban J connectivity index is 1.47. The highest BCUT2D eigenvalue weighted by Gasteiger charge is 2.19. The molecule has 2 aromatic heterocycles. The summed E-state index contributed by atoms with van der Waals surface area (Å²) in [5.41, 5.74) is 1.08. The number of nitrogens with one attached hydrogen (secondary N) is 1. The first-order valence-electron chi connectivity index (χ1n) is 9.67. The monoisotopic (exact) mass is 453 g/mol. The molecule has 4 rings (SSSR count). The molecule has 0 aliphatic carbocycles. The first-order valence-corrected chi connectivity index (χ1v) is 10.7. The molecule has 0 saturated heterocycles. The number of aromatic nitrogens is 3. The van der Waals surface area contributed by atoms with E-state index in [0.29, 0.717) is 40.3 Å². The smallest absolute Gasteiger partial charge is 0.269 e. The molecular weight excluding hydrogens is 434 g/mol. The average Bonchev–Trinajstić information content (AvgIpc) is 3.41. The summed E-state index contributed by atoms with van der Waals surface area (Å²) in [5, 5.41) is 23.4. The summed E-state index contributed by atoms with van der Waals surface area (Å²) < 4.78 is 13.2. The number of carbonyl (C=O) groups is 1. The maximum absolute atomic E-state index is 12.3. The lowest BCUT2D eigenvalue weighted by Gasteiger charge is -2.07. The molecule has 11 heteroatoms. The highest BCUT2D eigenvalue weighted by molar-refractivity contribution is 7.99. The van der Waals surface area contributed by atoms with Crippen molar-refractivity contribution >= 4 is 40.0 Å². The summed E-state index contributed by atoms with van der Waals surface area (Å²) in [6, 6.07) is 13.2. The van der Waals surface area contributed by atoms with Crippen molar-refractivity contribution in [3.8, 4) is 17.3 Å². The fourth-order valence-corrected chi connectivity index (χ4v) is 3.97. The van der Waals surface area contributed by atoms with Crippen LogP contribution in [0.1, 0.15) is 6.92 Å². The molecule has 4 aromatic rings. The summed E-state index contributed by atoms with van der Waals surface area (Å²) in [6.45, 7) is 2.54. The van der Waals surface area contributed by atoms with Crippen LogP contribution in [0.4, 0.5) is 11.4 Å². The van der Waals surface area contributed by atoms with Crippen molar-refractivity contribution < 1.29 is 18.9 Å². The lowest BCUT2D eigenvalue weighted by atomic mass is 10.2. The summed E-state index contributed by atoms with van der Waals surface area (Å²) >= 11 is 1.24. The zero-order chi connectivity index (χ0) is 22.7. The van der Waals surface area contributed by atoms with Crippen LogP contribution in [-0.2, 0) is 11.3 Å². The molecule has 0 radical (unpaired) electrons. The highest BCUT2D eigenvalue weighted by atomic mass is 32.2. The number of hydrogen-bond acceptors (Lipinski definition) is 8. The molecule has 0 saturated carbocycles. The lowest BCUT2D eigenvalue weighted by Crippen LogP contribution is -2.14. The van der Waals surface area contributed by atoms with Crippen LogP contribution in [0.5, 0.6) is 5.75 Å². The van der Waals surface area contributed by atoms with Gasteiger partial charge in [0.15, 0.2) is 22.2 Å². The lowest BCUT2D eigenvalue weighted by molar-refractivity contribution is -0.384. The number of non-ortho nitro benzene ring substituents is 1. The Labute approximate surface area is 186 Å². The molecule has 164 valence electrons. The van der Waals surface area contributed by atoms with Gasteiger partial charge in [0.1, 0.15) is 0 Å². The van der Waals surface area contributed by atoms with E-state index in [0.717, 1.165) is 5.39 Å². The van der Waals surface area contributed by atoms with Gasteiger partial charge in [-0.25, -0.2) is 0 Å². The molecule has 0 atom stereocenters. The van der Waals surface area contributed by atoms with E-state index in [1.54, 1.807) is 7.11 Å². The van der Waals surface area contributed by atoms with Crippen molar-refractivity contribution in [1.29, 1.82) is 0 Å². The van der Waals surface area contributed by atoms with Crippen molar-refractivity contribution in [2.75, 3.05) is 18.2 Å². The van der Waals surface area contributed by atoms with Crippen molar-refractivity contribution in [3.63, 3.8) is 0 Å². The van der Waals surface area contributed by atoms with E-state index in [9.17, 15) is 14.9 Å². The van der Waals surface area contributed by atoms with Gasteiger partial charge in [0.05, 0.1) is 17.8 Å². The maximum atomic E-state index is 12.3. The molecule has 0 unspecified atom stereocenters. The van der Waals surface area contributed by atoms with E-state index in [1.165, 1.54) is 36.0 Å². The Morgan fingerprint density at radius 3 is 2.72 bits per heavy atom. The number of nitro groups is 1. The number of furan rings is 1. The van der Waals surface area contributed by atoms with Gasteiger partial charge >= 0.3 is 0 Å². The number of para-hydroxylation sites is 1. The topological polar surface area (TPSA) is 125 Å². The average molecular weight is 453 g/mol. The first-order chi connectivity index (χ1) is 15.5. The number of nitrogens with zero attached hydrogens (tertiary/aromatic N) is 4. The van der Waals surface area contributed by atoms with Crippen LogP contribution in [0, 0.1) is 10.1 Å². The number of benzene rings is 2. The Kier molecular flexibility index (Phi) is 6.08. The summed E-state index contributed by atoms with van der Waals surface area (Å²) in [5.74, 6) is 1.59. The number of hydrogen-bond donors (Lipinski definition) is 1. The van der Waals surface area contributed by atoms with Crippen molar-refractivity contribution in [1.82, 2.24) is 14.8 Å². The number of nitro benzene ring substituents is 1. The SMILES string of the molecule is CCn1c(SCC(=O)Nc2ccc([N+](=O)[O-])cc2)nnc1-c1cc2cccc(OC)c2o1.